The molecule has 23 heavy (non-hydrogen) atoms. The maximum atomic E-state index is 11.8. The molecule has 1 heterocycles. The zero-order valence-corrected chi connectivity index (χ0v) is 14.4. The van der Waals surface area contributed by atoms with Crippen LogP contribution in [0.3, 0.4) is 0 Å². The van der Waals surface area contributed by atoms with E-state index in [0.29, 0.717) is 10.4 Å². The van der Waals surface area contributed by atoms with E-state index >= 15 is 0 Å². The number of esters is 1. The van der Waals surface area contributed by atoms with Crippen molar-refractivity contribution in [3.63, 3.8) is 0 Å². The number of nitro groups is 1. The average Bonchev–Trinajstić information content (AvgIpc) is 2.87. The van der Waals surface area contributed by atoms with Gasteiger partial charge in [0.05, 0.1) is 17.7 Å². The number of benzene rings is 1. The van der Waals surface area contributed by atoms with Crippen molar-refractivity contribution in [1.29, 1.82) is 0 Å². The first kappa shape index (κ1) is 18.7. The number of non-ortho nitro benzene ring substituents is 1. The van der Waals surface area contributed by atoms with E-state index in [1.165, 1.54) is 30.5 Å². The number of rotatable bonds is 5. The number of hydrogen-bond donors (Lipinski definition) is 0. The smallest absolute Gasteiger partial charge is 0.856 e. The second-order valence-electron chi connectivity index (χ2n) is 3.95. The number of carbonyl (C=O) groups excluding carboxylic acids is 1. The van der Waals surface area contributed by atoms with Gasteiger partial charge in [-0.15, -0.1) is 9.89 Å². The van der Waals surface area contributed by atoms with E-state index < -0.39 is 22.5 Å². The van der Waals surface area contributed by atoms with Crippen LogP contribution in [0.4, 0.5) is 5.69 Å². The van der Waals surface area contributed by atoms with Gasteiger partial charge in [-0.1, -0.05) is 0 Å². The summed E-state index contributed by atoms with van der Waals surface area (Å²) in [6.07, 6.45) is 1.26. The molecule has 0 aliphatic carbocycles. The number of nitro benzene ring substituents is 1. The molecule has 0 aliphatic rings. The maximum Gasteiger partial charge on any atom is 1.00 e. The summed E-state index contributed by atoms with van der Waals surface area (Å²) in [5.74, 6) is -1.68. The first-order valence-corrected chi connectivity index (χ1v) is 6.11. The van der Waals surface area contributed by atoms with Crippen LogP contribution >= 0.6 is 0 Å². The second-order valence-corrected chi connectivity index (χ2v) is 3.95. The van der Waals surface area contributed by atoms with Crippen LogP contribution in [-0.2, 0) is 4.74 Å². The predicted octanol–water partition coefficient (Wildman–Crippen LogP) is -2.68. The van der Waals surface area contributed by atoms with Crippen LogP contribution in [0, 0.1) is 10.1 Å². The molecule has 0 fully saturated rings. The van der Waals surface area contributed by atoms with E-state index in [1.807, 2.05) is 0 Å². The molecule has 0 atom stereocenters. The zero-order chi connectivity index (χ0) is 16.1. The summed E-state index contributed by atoms with van der Waals surface area (Å²) >= 11 is 0. The number of carbonyl (C=O) groups is 1. The molecule has 0 radical (unpaired) electrons. The molecule has 2 aromatic rings. The van der Waals surface area contributed by atoms with Crippen molar-refractivity contribution >= 4 is 17.9 Å². The molecule has 114 valence electrons. The summed E-state index contributed by atoms with van der Waals surface area (Å²) < 4.78 is 4.65. The summed E-state index contributed by atoms with van der Waals surface area (Å²) in [4.78, 5) is 22.0. The van der Waals surface area contributed by atoms with Gasteiger partial charge in [0.1, 0.15) is 0 Å². The zero-order valence-electron chi connectivity index (χ0n) is 12.4. The Balaban J connectivity index is 0.00000264. The second kappa shape index (κ2) is 8.36. The predicted molar refractivity (Wildman–Crippen MR) is 71.5 cm³/mol. The quantitative estimate of drug-likeness (QED) is 0.192. The molecule has 0 N–H and O–H groups in total. The number of ether oxygens (including phenoxy) is 1. The number of aromatic nitrogens is 3. The molecule has 0 bridgehead atoms. The Bertz CT molecular complexity index is 728. The molecule has 0 saturated heterocycles. The van der Waals surface area contributed by atoms with E-state index in [9.17, 15) is 20.0 Å². The normalized spacial score (nSPS) is 10.3. The van der Waals surface area contributed by atoms with Gasteiger partial charge in [0.2, 0.25) is 0 Å². The van der Waals surface area contributed by atoms with Gasteiger partial charge >= 0.3 is 35.5 Å². The molecule has 11 heteroatoms. The Morgan fingerprint density at radius 1 is 1.43 bits per heavy atom. The molecular weight excluding hydrogens is 317 g/mol. The molecule has 0 saturated carbocycles. The molecule has 0 amide bonds. The summed E-state index contributed by atoms with van der Waals surface area (Å²) in [6, 6.07) is 5.50. The maximum absolute atomic E-state index is 11.8. The average molecular weight is 327 g/mol. The van der Waals surface area contributed by atoms with Gasteiger partial charge in [0.25, 0.3) is 5.69 Å². The molecule has 0 unspecified atom stereocenters. The van der Waals surface area contributed by atoms with Crippen LogP contribution in [0.25, 0.3) is 0 Å². The van der Waals surface area contributed by atoms with Gasteiger partial charge in [-0.3, -0.25) is 10.1 Å². The minimum atomic E-state index is -0.871. The fourth-order valence-corrected chi connectivity index (χ4v) is 1.47. The first-order chi connectivity index (χ1) is 10.5. The van der Waals surface area contributed by atoms with Crippen LogP contribution in [-0.4, -0.2) is 38.8 Å². The number of nitrogens with zero attached hydrogens (tertiary/aromatic N) is 5. The Kier molecular flexibility index (Phi) is 6.82. The Morgan fingerprint density at radius 3 is 2.65 bits per heavy atom. The van der Waals surface area contributed by atoms with Crippen LogP contribution in [0.1, 0.15) is 23.0 Å². The van der Waals surface area contributed by atoms with Crippen molar-refractivity contribution in [3.05, 3.63) is 45.6 Å². The van der Waals surface area contributed by atoms with Gasteiger partial charge in [-0.05, 0) is 29.8 Å². The molecule has 0 aliphatic heterocycles. The van der Waals surface area contributed by atoms with E-state index in [2.05, 4.69) is 20.2 Å². The van der Waals surface area contributed by atoms with Crippen molar-refractivity contribution in [3.8, 4) is 5.88 Å². The minimum absolute atomic E-state index is 0. The van der Waals surface area contributed by atoms with Crippen LogP contribution in [0.5, 0.6) is 5.88 Å². The van der Waals surface area contributed by atoms with Crippen LogP contribution < -0.4 is 34.7 Å². The molecule has 10 nitrogen and oxygen atoms in total. The molecule has 1 aromatic carbocycles. The fourth-order valence-electron chi connectivity index (χ4n) is 1.47. The Labute approximate surface area is 152 Å². The largest absolute Gasteiger partial charge is 1.00 e. The van der Waals surface area contributed by atoms with Crippen LogP contribution in [0.2, 0.25) is 0 Å². The van der Waals surface area contributed by atoms with Crippen molar-refractivity contribution in [2.75, 3.05) is 6.61 Å². The standard InChI is InChI=1S/C12H11N5O5.Na/c1-2-22-12(19)10-11(18)16(15-14-10)13-7-8-3-5-9(6-4-8)17(20)21;/h3-7,18H,2H2,1H3;/q;+1/p-1/b13-7+;. The summed E-state index contributed by atoms with van der Waals surface area (Å²) in [5.41, 5.74) is -0.00657. The summed E-state index contributed by atoms with van der Waals surface area (Å²) in [7, 11) is 0. The summed E-state index contributed by atoms with van der Waals surface area (Å²) in [5, 5.41) is 32.9. The van der Waals surface area contributed by atoms with E-state index in [4.69, 9.17) is 0 Å². The van der Waals surface area contributed by atoms with Crippen molar-refractivity contribution in [2.24, 2.45) is 5.10 Å². The molecule has 0 spiro atoms. The third kappa shape index (κ3) is 4.58. The van der Waals surface area contributed by atoms with Gasteiger partial charge in [0, 0.05) is 18.0 Å². The minimum Gasteiger partial charge on any atom is -0.856 e. The molecular formula is C12H10N5NaO5. The Hall–Kier alpha value is -2.30. The third-order valence-corrected chi connectivity index (χ3v) is 2.50. The fraction of sp³-hybridized carbons (Fsp3) is 0.167. The topological polar surface area (TPSA) is 136 Å². The molecule has 2 rings (SSSR count). The monoisotopic (exact) mass is 327 g/mol. The van der Waals surface area contributed by atoms with Gasteiger partial charge in [-0.2, -0.15) is 5.10 Å². The summed E-state index contributed by atoms with van der Waals surface area (Å²) in [6.45, 7) is 1.71. The van der Waals surface area contributed by atoms with Crippen molar-refractivity contribution in [1.82, 2.24) is 15.1 Å². The van der Waals surface area contributed by atoms with E-state index in [0.717, 1.165) is 0 Å². The van der Waals surface area contributed by atoms with E-state index in [1.54, 1.807) is 6.92 Å². The molecule has 1 aromatic heterocycles. The van der Waals surface area contributed by atoms with Gasteiger partial charge < -0.3 is 9.84 Å². The van der Waals surface area contributed by atoms with Crippen molar-refractivity contribution < 1.29 is 49.1 Å². The van der Waals surface area contributed by atoms with Gasteiger partial charge in [-0.25, -0.2) is 4.79 Å². The van der Waals surface area contributed by atoms with E-state index in [-0.39, 0.29) is 41.9 Å². The van der Waals surface area contributed by atoms with Gasteiger partial charge in [0.15, 0.2) is 5.69 Å². The van der Waals surface area contributed by atoms with Crippen molar-refractivity contribution in [2.45, 2.75) is 6.92 Å². The van der Waals surface area contributed by atoms with Crippen LogP contribution in [0.15, 0.2) is 29.4 Å². The SMILES string of the molecule is CCOC(=O)c1nnn(/N=C/c2ccc([N+](=O)[O-])cc2)c1[O-].[Na+]. The first-order valence-electron chi connectivity index (χ1n) is 6.11. The Morgan fingerprint density at radius 2 is 2.09 bits per heavy atom. The third-order valence-electron chi connectivity index (χ3n) is 2.50. The number of hydrogen-bond acceptors (Lipinski definition) is 8.